The maximum atomic E-state index is 13.5. The lowest BCUT2D eigenvalue weighted by atomic mass is 10.0. The number of rotatable bonds is 4. The highest BCUT2D eigenvalue weighted by Crippen LogP contribution is 2.36. The van der Waals surface area contributed by atoms with E-state index in [9.17, 15) is 14.0 Å². The first-order valence-corrected chi connectivity index (χ1v) is 10.1. The average Bonchev–Trinajstić information content (AvgIpc) is 2.94. The Morgan fingerprint density at radius 1 is 0.839 bits per heavy atom. The zero-order valence-electron chi connectivity index (χ0n) is 17.3. The molecule has 4 rings (SSSR count). The van der Waals surface area contributed by atoms with Gasteiger partial charge in [0.15, 0.2) is 0 Å². The highest BCUT2D eigenvalue weighted by atomic mass is 35.5. The van der Waals surface area contributed by atoms with E-state index in [4.69, 9.17) is 11.6 Å². The minimum Gasteiger partial charge on any atom is -0.350 e. The number of amides is 2. The van der Waals surface area contributed by atoms with Crippen molar-refractivity contribution in [2.45, 2.75) is 20.8 Å². The number of carbonyl (C=O) groups is 2. The Morgan fingerprint density at radius 2 is 1.48 bits per heavy atom. The van der Waals surface area contributed by atoms with Crippen molar-refractivity contribution < 1.29 is 14.0 Å². The second-order valence-corrected chi connectivity index (χ2v) is 8.07. The molecule has 0 radical (unpaired) electrons. The molecular formula is C25H20ClFN2O2. The van der Waals surface area contributed by atoms with Crippen LogP contribution < -0.4 is 10.2 Å². The van der Waals surface area contributed by atoms with Crippen molar-refractivity contribution in [3.8, 4) is 0 Å². The Balaban J connectivity index is 1.86. The summed E-state index contributed by atoms with van der Waals surface area (Å²) in [7, 11) is 0. The van der Waals surface area contributed by atoms with Crippen LogP contribution in [0.5, 0.6) is 0 Å². The number of carbonyl (C=O) groups excluding carboxylic acids is 2. The van der Waals surface area contributed by atoms with Gasteiger partial charge >= 0.3 is 0 Å². The van der Waals surface area contributed by atoms with E-state index in [0.29, 0.717) is 22.0 Å². The number of anilines is 2. The van der Waals surface area contributed by atoms with Crippen LogP contribution in [0.25, 0.3) is 5.57 Å². The molecule has 0 saturated heterocycles. The molecule has 1 aliphatic rings. The number of hydrogen-bond acceptors (Lipinski definition) is 3. The van der Waals surface area contributed by atoms with Gasteiger partial charge < -0.3 is 5.32 Å². The summed E-state index contributed by atoms with van der Waals surface area (Å²) in [5, 5.41) is 3.56. The van der Waals surface area contributed by atoms with Gasteiger partial charge in [0.05, 0.1) is 11.3 Å². The van der Waals surface area contributed by atoms with Crippen molar-refractivity contribution in [3.05, 3.63) is 99.5 Å². The van der Waals surface area contributed by atoms with Gasteiger partial charge in [0, 0.05) is 10.7 Å². The molecule has 0 spiro atoms. The number of hydrogen-bond donors (Lipinski definition) is 1. The normalized spacial score (nSPS) is 13.9. The lowest BCUT2D eigenvalue weighted by Gasteiger charge is -2.18. The fourth-order valence-electron chi connectivity index (χ4n) is 3.76. The summed E-state index contributed by atoms with van der Waals surface area (Å²) in [4.78, 5) is 28.1. The van der Waals surface area contributed by atoms with Crippen molar-refractivity contribution in [3.63, 3.8) is 0 Å². The van der Waals surface area contributed by atoms with Crippen molar-refractivity contribution >= 4 is 40.4 Å². The predicted molar refractivity (Wildman–Crippen MR) is 122 cm³/mol. The van der Waals surface area contributed by atoms with Crippen LogP contribution in [0.4, 0.5) is 15.8 Å². The summed E-state index contributed by atoms with van der Waals surface area (Å²) in [6.45, 7) is 5.71. The molecule has 1 aliphatic heterocycles. The number of aryl methyl sites for hydroxylation is 3. The van der Waals surface area contributed by atoms with Crippen LogP contribution in [0.3, 0.4) is 0 Å². The lowest BCUT2D eigenvalue weighted by Crippen LogP contribution is -2.33. The molecule has 3 aromatic carbocycles. The molecule has 6 heteroatoms. The van der Waals surface area contributed by atoms with Crippen LogP contribution in [0, 0.1) is 26.6 Å². The van der Waals surface area contributed by atoms with Gasteiger partial charge in [-0.1, -0.05) is 35.9 Å². The van der Waals surface area contributed by atoms with Crippen LogP contribution >= 0.6 is 11.6 Å². The minimum absolute atomic E-state index is 0.140. The molecule has 0 atom stereocenters. The van der Waals surface area contributed by atoms with Crippen LogP contribution in [0.2, 0.25) is 5.02 Å². The van der Waals surface area contributed by atoms with Crippen LogP contribution in [0.1, 0.15) is 22.3 Å². The van der Waals surface area contributed by atoms with E-state index < -0.39 is 17.6 Å². The number of halogens is 2. The molecule has 2 amide bonds. The Bertz CT molecular complexity index is 1230. The first kappa shape index (κ1) is 20.8. The van der Waals surface area contributed by atoms with E-state index in [-0.39, 0.29) is 11.3 Å². The molecule has 3 aromatic rings. The van der Waals surface area contributed by atoms with Gasteiger partial charge in [0.1, 0.15) is 11.5 Å². The van der Waals surface area contributed by atoms with Crippen LogP contribution in [0.15, 0.2) is 66.4 Å². The molecule has 0 bridgehead atoms. The second-order valence-electron chi connectivity index (χ2n) is 7.63. The Kier molecular flexibility index (Phi) is 5.38. The third-order valence-corrected chi connectivity index (χ3v) is 5.36. The molecule has 0 fully saturated rings. The summed E-state index contributed by atoms with van der Waals surface area (Å²) in [6.07, 6.45) is 0. The fourth-order valence-corrected chi connectivity index (χ4v) is 3.93. The molecule has 0 saturated carbocycles. The molecule has 1 heterocycles. The first-order chi connectivity index (χ1) is 14.7. The van der Waals surface area contributed by atoms with E-state index >= 15 is 0 Å². The third-order valence-electron chi connectivity index (χ3n) is 5.12. The van der Waals surface area contributed by atoms with Crippen molar-refractivity contribution in [2.75, 3.05) is 10.2 Å². The zero-order chi connectivity index (χ0) is 22.3. The largest absolute Gasteiger partial charge is 0.350 e. The third kappa shape index (κ3) is 3.97. The Hall–Kier alpha value is -3.44. The van der Waals surface area contributed by atoms with E-state index in [0.717, 1.165) is 21.6 Å². The van der Waals surface area contributed by atoms with E-state index in [2.05, 4.69) is 5.32 Å². The smallest absolute Gasteiger partial charge is 0.282 e. The number of nitrogens with zero attached hydrogens (tertiary/aromatic N) is 1. The first-order valence-electron chi connectivity index (χ1n) is 9.75. The van der Waals surface area contributed by atoms with Crippen molar-refractivity contribution in [2.24, 2.45) is 0 Å². The lowest BCUT2D eigenvalue weighted by molar-refractivity contribution is -0.120. The monoisotopic (exact) mass is 434 g/mol. The minimum atomic E-state index is -0.492. The molecule has 0 aliphatic carbocycles. The average molecular weight is 435 g/mol. The summed E-state index contributed by atoms with van der Waals surface area (Å²) in [5.74, 6) is -1.41. The summed E-state index contributed by atoms with van der Waals surface area (Å²) >= 11 is 6.14. The van der Waals surface area contributed by atoms with Crippen LogP contribution in [-0.4, -0.2) is 11.8 Å². The number of imide groups is 1. The summed E-state index contributed by atoms with van der Waals surface area (Å²) < 4.78 is 13.5. The van der Waals surface area contributed by atoms with Gasteiger partial charge in [-0.05, 0) is 79.4 Å². The predicted octanol–water partition coefficient (Wildman–Crippen LogP) is 5.80. The maximum absolute atomic E-state index is 13.5. The molecular weight excluding hydrogens is 415 g/mol. The quantitative estimate of drug-likeness (QED) is 0.528. The van der Waals surface area contributed by atoms with Crippen molar-refractivity contribution in [1.82, 2.24) is 0 Å². The van der Waals surface area contributed by atoms with Gasteiger partial charge in [-0.25, -0.2) is 9.29 Å². The Morgan fingerprint density at radius 3 is 2.13 bits per heavy atom. The second kappa shape index (κ2) is 8.00. The van der Waals surface area contributed by atoms with Crippen molar-refractivity contribution in [1.29, 1.82) is 0 Å². The standard InChI is InChI=1S/C25H20ClFN2O2/c1-14-10-15(2)12-20(11-14)28-23-22(17-5-8-19(27)9-6-17)24(30)29(25(23)31)21-13-18(26)7-4-16(21)3/h4-13,28H,1-3H3. The molecule has 156 valence electrons. The fraction of sp³-hybridized carbons (Fsp3) is 0.120. The highest BCUT2D eigenvalue weighted by molar-refractivity contribution is 6.46. The number of benzene rings is 3. The highest BCUT2D eigenvalue weighted by Gasteiger charge is 2.41. The zero-order valence-corrected chi connectivity index (χ0v) is 18.0. The molecule has 1 N–H and O–H groups in total. The Labute approximate surface area is 185 Å². The topological polar surface area (TPSA) is 49.4 Å². The van der Waals surface area contributed by atoms with Gasteiger partial charge in [-0.3, -0.25) is 9.59 Å². The van der Waals surface area contributed by atoms with E-state index in [1.165, 1.54) is 24.3 Å². The van der Waals surface area contributed by atoms with E-state index in [1.54, 1.807) is 25.1 Å². The van der Waals surface area contributed by atoms with Gasteiger partial charge in [0.25, 0.3) is 11.8 Å². The summed E-state index contributed by atoms with van der Waals surface area (Å²) in [5.41, 5.74) is 4.66. The molecule has 0 unspecified atom stereocenters. The molecule has 4 nitrogen and oxygen atoms in total. The molecule has 0 aromatic heterocycles. The number of nitrogens with one attached hydrogen (secondary N) is 1. The van der Waals surface area contributed by atoms with Gasteiger partial charge in [0.2, 0.25) is 0 Å². The maximum Gasteiger partial charge on any atom is 0.282 e. The molecule has 31 heavy (non-hydrogen) atoms. The van der Waals surface area contributed by atoms with Gasteiger partial charge in [-0.2, -0.15) is 0 Å². The van der Waals surface area contributed by atoms with Crippen LogP contribution in [-0.2, 0) is 9.59 Å². The van der Waals surface area contributed by atoms with Gasteiger partial charge in [-0.15, -0.1) is 0 Å². The summed E-state index contributed by atoms with van der Waals surface area (Å²) in [6, 6.07) is 16.4. The SMILES string of the molecule is Cc1cc(C)cc(NC2=C(c3ccc(F)cc3)C(=O)N(c3cc(Cl)ccc3C)C2=O)c1. The van der Waals surface area contributed by atoms with E-state index in [1.807, 2.05) is 32.0 Å².